The fourth-order valence-electron chi connectivity index (χ4n) is 1.88. The van der Waals surface area contributed by atoms with Crippen molar-refractivity contribution in [1.29, 1.82) is 0 Å². The molecule has 1 saturated heterocycles. The first-order chi connectivity index (χ1) is 7.58. The Morgan fingerprint density at radius 2 is 2.12 bits per heavy atom. The maximum Gasteiger partial charge on any atom is 0.220 e. The van der Waals surface area contributed by atoms with Crippen molar-refractivity contribution in [3.05, 3.63) is 35.4 Å². The molecule has 1 aromatic carbocycles. The summed E-state index contributed by atoms with van der Waals surface area (Å²) in [7, 11) is 0. The number of carbonyl (C=O) groups excluding carboxylic acids is 1. The van der Waals surface area contributed by atoms with E-state index in [1.807, 2.05) is 0 Å². The number of hydrogen-bond donors (Lipinski definition) is 2. The second kappa shape index (κ2) is 4.17. The Hall–Kier alpha value is -1.49. The summed E-state index contributed by atoms with van der Waals surface area (Å²) in [6.07, 6.45) is 0.807. The van der Waals surface area contributed by atoms with E-state index in [0.29, 0.717) is 12.8 Å². The van der Waals surface area contributed by atoms with Gasteiger partial charge in [0.05, 0.1) is 6.04 Å². The zero-order valence-electron chi connectivity index (χ0n) is 8.54. The van der Waals surface area contributed by atoms with Crippen LogP contribution in [-0.4, -0.2) is 11.9 Å². The summed E-state index contributed by atoms with van der Waals surface area (Å²) in [5, 5.41) is 2.58. The first-order valence-electron chi connectivity index (χ1n) is 5.08. The van der Waals surface area contributed by atoms with Crippen molar-refractivity contribution in [3.63, 3.8) is 0 Å². The van der Waals surface area contributed by atoms with Gasteiger partial charge in [0, 0.05) is 18.0 Å². The average Bonchev–Trinajstić information content (AvgIpc) is 2.25. The van der Waals surface area contributed by atoms with E-state index in [0.717, 1.165) is 18.2 Å². The largest absolute Gasteiger partial charge is 0.348 e. The van der Waals surface area contributed by atoms with Crippen LogP contribution in [0, 0.1) is 11.6 Å². The Morgan fingerprint density at radius 1 is 1.38 bits per heavy atom. The Balaban J connectivity index is 2.34. The minimum absolute atomic E-state index is 0.112. The van der Waals surface area contributed by atoms with Crippen molar-refractivity contribution in [3.8, 4) is 0 Å². The van der Waals surface area contributed by atoms with Crippen LogP contribution >= 0.6 is 0 Å². The summed E-state index contributed by atoms with van der Waals surface area (Å²) < 4.78 is 26.5. The van der Waals surface area contributed by atoms with Crippen molar-refractivity contribution >= 4 is 5.91 Å². The number of halogens is 2. The smallest absolute Gasteiger partial charge is 0.220 e. The molecule has 0 radical (unpaired) electrons. The molecule has 0 spiro atoms. The van der Waals surface area contributed by atoms with Crippen molar-refractivity contribution in [2.45, 2.75) is 24.9 Å². The van der Waals surface area contributed by atoms with E-state index in [4.69, 9.17) is 5.73 Å². The number of benzene rings is 1. The summed E-state index contributed by atoms with van der Waals surface area (Å²) in [6, 6.07) is 2.13. The predicted molar refractivity (Wildman–Crippen MR) is 54.5 cm³/mol. The van der Waals surface area contributed by atoms with E-state index < -0.39 is 17.7 Å². The van der Waals surface area contributed by atoms with Gasteiger partial charge in [-0.1, -0.05) is 0 Å². The van der Waals surface area contributed by atoms with E-state index in [-0.39, 0.29) is 17.5 Å². The summed E-state index contributed by atoms with van der Waals surface area (Å²) in [6.45, 7) is 0. The van der Waals surface area contributed by atoms with Gasteiger partial charge in [-0.25, -0.2) is 8.78 Å². The third kappa shape index (κ3) is 2.04. The lowest BCUT2D eigenvalue weighted by atomic mass is 9.92. The van der Waals surface area contributed by atoms with Gasteiger partial charge in [-0.05, 0) is 24.6 Å². The van der Waals surface area contributed by atoms with Crippen molar-refractivity contribution < 1.29 is 13.6 Å². The molecule has 0 bridgehead atoms. The van der Waals surface area contributed by atoms with Crippen LogP contribution in [0.2, 0.25) is 0 Å². The SMILES string of the molecule is NC1CCC(=O)NC1c1cc(F)ccc1F. The van der Waals surface area contributed by atoms with E-state index in [1.165, 1.54) is 0 Å². The number of nitrogens with two attached hydrogens (primary N) is 1. The standard InChI is InChI=1S/C11H12F2N2O/c12-6-1-2-8(13)7(5-6)11-9(14)3-4-10(16)15-11/h1-2,5,9,11H,3-4,14H2,(H,15,16). The number of nitrogens with one attached hydrogen (secondary N) is 1. The van der Waals surface area contributed by atoms with Gasteiger partial charge >= 0.3 is 0 Å². The van der Waals surface area contributed by atoms with Crippen LogP contribution in [-0.2, 0) is 4.79 Å². The fraction of sp³-hybridized carbons (Fsp3) is 0.364. The molecule has 2 unspecified atom stereocenters. The average molecular weight is 226 g/mol. The minimum Gasteiger partial charge on any atom is -0.348 e. The Morgan fingerprint density at radius 3 is 2.88 bits per heavy atom. The van der Waals surface area contributed by atoms with E-state index in [1.54, 1.807) is 0 Å². The first-order valence-corrected chi connectivity index (χ1v) is 5.08. The molecular weight excluding hydrogens is 214 g/mol. The Bertz CT molecular complexity index is 422. The zero-order valence-corrected chi connectivity index (χ0v) is 8.54. The molecule has 1 heterocycles. The minimum atomic E-state index is -0.642. The van der Waals surface area contributed by atoms with Gasteiger partial charge < -0.3 is 11.1 Å². The second-order valence-corrected chi connectivity index (χ2v) is 3.91. The molecule has 2 rings (SSSR count). The topological polar surface area (TPSA) is 55.1 Å². The molecule has 0 aromatic heterocycles. The molecule has 1 aliphatic rings. The van der Waals surface area contributed by atoms with E-state index in [9.17, 15) is 13.6 Å². The number of hydrogen-bond acceptors (Lipinski definition) is 2. The molecule has 0 saturated carbocycles. The van der Waals surface area contributed by atoms with Crippen molar-refractivity contribution in [1.82, 2.24) is 5.32 Å². The Labute approximate surface area is 91.6 Å². The van der Waals surface area contributed by atoms with Crippen molar-refractivity contribution in [2.24, 2.45) is 5.73 Å². The van der Waals surface area contributed by atoms with Crippen LogP contribution in [0.15, 0.2) is 18.2 Å². The number of piperidine rings is 1. The second-order valence-electron chi connectivity index (χ2n) is 3.91. The van der Waals surface area contributed by atoms with Gasteiger partial charge in [0.2, 0.25) is 5.91 Å². The van der Waals surface area contributed by atoms with Gasteiger partial charge in [-0.2, -0.15) is 0 Å². The Kier molecular flexibility index (Phi) is 2.87. The lowest BCUT2D eigenvalue weighted by molar-refractivity contribution is -0.123. The van der Waals surface area contributed by atoms with Gasteiger partial charge in [-0.3, -0.25) is 4.79 Å². The third-order valence-corrected chi connectivity index (χ3v) is 2.74. The third-order valence-electron chi connectivity index (χ3n) is 2.74. The van der Waals surface area contributed by atoms with Gasteiger partial charge in [0.15, 0.2) is 0 Å². The van der Waals surface area contributed by atoms with Gasteiger partial charge in [-0.15, -0.1) is 0 Å². The molecule has 16 heavy (non-hydrogen) atoms. The number of carbonyl (C=O) groups is 1. The maximum absolute atomic E-state index is 13.5. The predicted octanol–water partition coefficient (Wildman–Crippen LogP) is 1.24. The summed E-state index contributed by atoms with van der Waals surface area (Å²) in [5.41, 5.74) is 5.90. The normalized spacial score (nSPS) is 25.3. The first kappa shape index (κ1) is 11.0. The molecule has 3 N–H and O–H groups in total. The van der Waals surface area contributed by atoms with Crippen LogP contribution in [0.5, 0.6) is 0 Å². The molecule has 3 nitrogen and oxygen atoms in total. The quantitative estimate of drug-likeness (QED) is 0.757. The highest BCUT2D eigenvalue weighted by Gasteiger charge is 2.29. The maximum atomic E-state index is 13.5. The monoisotopic (exact) mass is 226 g/mol. The lowest BCUT2D eigenvalue weighted by Crippen LogP contribution is -2.46. The van der Waals surface area contributed by atoms with Gasteiger partial charge in [0.25, 0.3) is 0 Å². The highest BCUT2D eigenvalue weighted by molar-refractivity contribution is 5.77. The van der Waals surface area contributed by atoms with Crippen LogP contribution < -0.4 is 11.1 Å². The van der Waals surface area contributed by atoms with E-state index >= 15 is 0 Å². The highest BCUT2D eigenvalue weighted by Crippen LogP contribution is 2.25. The molecule has 1 amide bonds. The fourth-order valence-corrected chi connectivity index (χ4v) is 1.88. The molecule has 1 aromatic rings. The molecule has 5 heteroatoms. The molecule has 0 aliphatic carbocycles. The van der Waals surface area contributed by atoms with Crippen LogP contribution in [0.1, 0.15) is 24.4 Å². The molecule has 2 atom stereocenters. The number of amides is 1. The summed E-state index contributed by atoms with van der Waals surface area (Å²) in [5.74, 6) is -1.28. The van der Waals surface area contributed by atoms with Crippen molar-refractivity contribution in [2.75, 3.05) is 0 Å². The zero-order chi connectivity index (χ0) is 11.7. The summed E-state index contributed by atoms with van der Waals surface area (Å²) in [4.78, 5) is 11.2. The van der Waals surface area contributed by atoms with Crippen LogP contribution in [0.4, 0.5) is 8.78 Å². The van der Waals surface area contributed by atoms with Gasteiger partial charge in [0.1, 0.15) is 11.6 Å². The lowest BCUT2D eigenvalue weighted by Gasteiger charge is -2.30. The molecule has 1 aliphatic heterocycles. The van der Waals surface area contributed by atoms with E-state index in [2.05, 4.69) is 5.32 Å². The molecule has 86 valence electrons. The van der Waals surface area contributed by atoms with Crippen LogP contribution in [0.3, 0.4) is 0 Å². The van der Waals surface area contributed by atoms with Crippen LogP contribution in [0.25, 0.3) is 0 Å². The highest BCUT2D eigenvalue weighted by atomic mass is 19.1. The molecular formula is C11H12F2N2O. The number of rotatable bonds is 1. The summed E-state index contributed by atoms with van der Waals surface area (Å²) >= 11 is 0. The molecule has 1 fully saturated rings.